The first-order valence-electron chi connectivity index (χ1n) is 6.13. The first kappa shape index (κ1) is 12.4. The Balaban J connectivity index is 2.17. The molecule has 0 spiro atoms. The maximum Gasteiger partial charge on any atom is 0.259 e. The molecule has 2 rings (SSSR count). The van der Waals surface area contributed by atoms with Gasteiger partial charge in [-0.05, 0) is 18.9 Å². The predicted octanol–water partition coefficient (Wildman–Crippen LogP) is 3.89. The van der Waals surface area contributed by atoms with Crippen molar-refractivity contribution in [2.45, 2.75) is 38.1 Å². The van der Waals surface area contributed by atoms with Gasteiger partial charge in [-0.15, -0.1) is 0 Å². The zero-order chi connectivity index (χ0) is 13.0. The normalized spacial score (nSPS) is 15.9. The van der Waals surface area contributed by atoms with Crippen molar-refractivity contribution in [3.05, 3.63) is 39.7 Å². The fourth-order valence-corrected chi connectivity index (χ4v) is 2.31. The van der Waals surface area contributed by atoms with Crippen molar-refractivity contribution >= 4 is 17.1 Å². The van der Waals surface area contributed by atoms with Crippen molar-refractivity contribution in [2.24, 2.45) is 0 Å². The van der Waals surface area contributed by atoms with Crippen molar-refractivity contribution in [1.29, 1.82) is 0 Å². The molecule has 1 aliphatic rings. The second-order valence-electron chi connectivity index (χ2n) is 4.55. The van der Waals surface area contributed by atoms with Gasteiger partial charge in [-0.25, -0.2) is 4.85 Å². The second kappa shape index (κ2) is 5.50. The Morgan fingerprint density at radius 2 is 2.06 bits per heavy atom. The van der Waals surface area contributed by atoms with E-state index in [1.807, 2.05) is 0 Å². The highest BCUT2D eigenvalue weighted by Crippen LogP contribution is 2.32. The summed E-state index contributed by atoms with van der Waals surface area (Å²) in [6, 6.07) is 4.80. The van der Waals surface area contributed by atoms with Gasteiger partial charge in [-0.3, -0.25) is 10.1 Å². The summed E-state index contributed by atoms with van der Waals surface area (Å²) in [5, 5.41) is 14.0. The second-order valence-corrected chi connectivity index (χ2v) is 4.55. The van der Waals surface area contributed by atoms with Gasteiger partial charge in [0.05, 0.1) is 11.5 Å². The average Bonchev–Trinajstić information content (AvgIpc) is 2.40. The van der Waals surface area contributed by atoms with Gasteiger partial charge in [-0.1, -0.05) is 19.3 Å². The molecule has 0 saturated heterocycles. The summed E-state index contributed by atoms with van der Waals surface area (Å²) in [5.41, 5.74) is 1.01. The molecule has 1 fully saturated rings. The highest BCUT2D eigenvalue weighted by molar-refractivity contribution is 5.72. The first-order chi connectivity index (χ1) is 8.70. The summed E-state index contributed by atoms with van der Waals surface area (Å²) in [7, 11) is 0. The van der Waals surface area contributed by atoms with Crippen LogP contribution in [0.1, 0.15) is 32.1 Å². The molecule has 1 N–H and O–H groups in total. The molecule has 5 heteroatoms. The quantitative estimate of drug-likeness (QED) is 0.499. The standard InChI is InChI=1S/C13H15N3O2/c1-14-13-9-11(16(17)18)7-8-12(13)15-10-5-3-2-4-6-10/h7-10,15H,2-6H2. The molecule has 0 amide bonds. The number of nitro groups is 1. The Bertz CT molecular complexity index is 487. The molecule has 0 aromatic heterocycles. The Hall–Kier alpha value is -2.09. The summed E-state index contributed by atoms with van der Waals surface area (Å²) in [4.78, 5) is 13.5. The van der Waals surface area contributed by atoms with Gasteiger partial charge < -0.3 is 5.32 Å². The molecule has 1 aromatic carbocycles. The van der Waals surface area contributed by atoms with Crippen LogP contribution in [0.5, 0.6) is 0 Å². The third-order valence-corrected chi connectivity index (χ3v) is 3.28. The predicted molar refractivity (Wildman–Crippen MR) is 69.9 cm³/mol. The molecule has 18 heavy (non-hydrogen) atoms. The smallest absolute Gasteiger partial charge is 0.259 e. The zero-order valence-corrected chi connectivity index (χ0v) is 10.1. The summed E-state index contributed by atoms with van der Waals surface area (Å²) in [6.45, 7) is 7.10. The number of nitrogens with one attached hydrogen (secondary N) is 1. The molecule has 94 valence electrons. The molecule has 0 aliphatic heterocycles. The van der Waals surface area contributed by atoms with E-state index in [-0.39, 0.29) is 5.69 Å². The Kier molecular flexibility index (Phi) is 3.78. The Morgan fingerprint density at radius 1 is 1.33 bits per heavy atom. The summed E-state index contributed by atoms with van der Waals surface area (Å²) < 4.78 is 0. The SMILES string of the molecule is [C-]#[N+]c1cc([N+](=O)[O-])ccc1NC1CCCCC1. The number of rotatable bonds is 3. The third-order valence-electron chi connectivity index (χ3n) is 3.28. The van der Waals surface area contributed by atoms with Gasteiger partial charge in [-0.2, -0.15) is 0 Å². The van der Waals surface area contributed by atoms with Gasteiger partial charge >= 0.3 is 0 Å². The van der Waals surface area contributed by atoms with E-state index < -0.39 is 4.92 Å². The van der Waals surface area contributed by atoms with Crippen molar-refractivity contribution in [3.8, 4) is 0 Å². The largest absolute Gasteiger partial charge is 0.391 e. The fraction of sp³-hybridized carbons (Fsp3) is 0.462. The number of non-ortho nitro benzene ring substituents is 1. The number of nitrogens with zero attached hydrogens (tertiary/aromatic N) is 2. The van der Waals surface area contributed by atoms with Crippen LogP contribution >= 0.6 is 0 Å². The minimum absolute atomic E-state index is 0.0322. The molecule has 1 saturated carbocycles. The first-order valence-corrected chi connectivity index (χ1v) is 6.13. The lowest BCUT2D eigenvalue weighted by atomic mass is 9.95. The lowest BCUT2D eigenvalue weighted by molar-refractivity contribution is -0.384. The van der Waals surface area contributed by atoms with E-state index in [4.69, 9.17) is 6.57 Å². The monoisotopic (exact) mass is 245 g/mol. The number of hydrogen-bond acceptors (Lipinski definition) is 3. The molecule has 0 unspecified atom stereocenters. The van der Waals surface area contributed by atoms with Crippen LogP contribution in [-0.2, 0) is 0 Å². The Labute approximate surface area is 106 Å². The van der Waals surface area contributed by atoms with Gasteiger partial charge in [0.1, 0.15) is 0 Å². The van der Waals surface area contributed by atoms with Crippen LogP contribution in [0.4, 0.5) is 17.1 Å². The molecule has 1 aliphatic carbocycles. The van der Waals surface area contributed by atoms with E-state index in [9.17, 15) is 10.1 Å². The molecular formula is C13H15N3O2. The number of nitro benzene ring substituents is 1. The Morgan fingerprint density at radius 3 is 2.67 bits per heavy atom. The van der Waals surface area contributed by atoms with Crippen LogP contribution in [-0.4, -0.2) is 11.0 Å². The summed E-state index contributed by atoms with van der Waals surface area (Å²) in [5.74, 6) is 0. The van der Waals surface area contributed by atoms with Crippen LogP contribution in [0.15, 0.2) is 18.2 Å². The van der Waals surface area contributed by atoms with Crippen molar-refractivity contribution < 1.29 is 4.92 Å². The maximum atomic E-state index is 10.7. The molecular weight excluding hydrogens is 230 g/mol. The van der Waals surface area contributed by atoms with Crippen LogP contribution in [0, 0.1) is 16.7 Å². The van der Waals surface area contributed by atoms with Crippen molar-refractivity contribution in [2.75, 3.05) is 5.32 Å². The van der Waals surface area contributed by atoms with E-state index in [1.165, 1.54) is 31.4 Å². The molecule has 0 bridgehead atoms. The lowest BCUT2D eigenvalue weighted by Crippen LogP contribution is -2.22. The summed E-state index contributed by atoms with van der Waals surface area (Å²) >= 11 is 0. The minimum atomic E-state index is -0.473. The van der Waals surface area contributed by atoms with Crippen molar-refractivity contribution in [3.63, 3.8) is 0 Å². The number of hydrogen-bond donors (Lipinski definition) is 1. The van der Waals surface area contributed by atoms with Gasteiger partial charge in [0.2, 0.25) is 5.69 Å². The molecule has 0 heterocycles. The average molecular weight is 245 g/mol. The van der Waals surface area contributed by atoms with Gasteiger partial charge in [0.25, 0.3) is 5.69 Å². The fourth-order valence-electron chi connectivity index (χ4n) is 2.31. The van der Waals surface area contributed by atoms with Gasteiger partial charge in [0, 0.05) is 23.9 Å². The lowest BCUT2D eigenvalue weighted by Gasteiger charge is -2.24. The van der Waals surface area contributed by atoms with E-state index >= 15 is 0 Å². The minimum Gasteiger partial charge on any atom is -0.391 e. The van der Waals surface area contributed by atoms with Gasteiger partial charge in [0.15, 0.2) is 0 Å². The van der Waals surface area contributed by atoms with Crippen LogP contribution in [0.25, 0.3) is 4.85 Å². The molecule has 0 atom stereocenters. The highest BCUT2D eigenvalue weighted by Gasteiger charge is 2.16. The maximum absolute atomic E-state index is 10.7. The topological polar surface area (TPSA) is 59.5 Å². The van der Waals surface area contributed by atoms with Crippen LogP contribution in [0.2, 0.25) is 0 Å². The molecule has 1 aromatic rings. The molecule has 5 nitrogen and oxygen atoms in total. The third kappa shape index (κ3) is 2.77. The number of anilines is 1. The van der Waals surface area contributed by atoms with E-state index in [0.717, 1.165) is 12.8 Å². The van der Waals surface area contributed by atoms with Crippen LogP contribution in [0.3, 0.4) is 0 Å². The number of benzene rings is 1. The highest BCUT2D eigenvalue weighted by atomic mass is 16.6. The van der Waals surface area contributed by atoms with Crippen molar-refractivity contribution in [1.82, 2.24) is 0 Å². The van der Waals surface area contributed by atoms with Crippen LogP contribution < -0.4 is 5.32 Å². The van der Waals surface area contributed by atoms with E-state index in [0.29, 0.717) is 17.4 Å². The molecule has 0 radical (unpaired) electrons. The van der Waals surface area contributed by atoms with E-state index in [1.54, 1.807) is 6.07 Å². The van der Waals surface area contributed by atoms with E-state index in [2.05, 4.69) is 10.2 Å². The summed E-state index contributed by atoms with van der Waals surface area (Å²) in [6.07, 6.45) is 5.90. The zero-order valence-electron chi connectivity index (χ0n) is 10.1.